The highest BCUT2D eigenvalue weighted by Gasteiger charge is 2.23. The lowest BCUT2D eigenvalue weighted by Crippen LogP contribution is -2.49. The molecule has 2 heterocycles. The van der Waals surface area contributed by atoms with Crippen molar-refractivity contribution in [3.05, 3.63) is 48.3 Å². The van der Waals surface area contributed by atoms with Crippen LogP contribution in [0.3, 0.4) is 0 Å². The van der Waals surface area contributed by atoms with Crippen LogP contribution in [-0.2, 0) is 11.2 Å². The number of methoxy groups -OCH3 is 1. The lowest BCUT2D eigenvalue weighted by atomic mass is 10.1. The predicted octanol–water partition coefficient (Wildman–Crippen LogP) is 3.30. The zero-order valence-corrected chi connectivity index (χ0v) is 17.0. The summed E-state index contributed by atoms with van der Waals surface area (Å²) in [6, 6.07) is 9.97. The number of carbonyl (C=O) groups is 1. The van der Waals surface area contributed by atoms with Gasteiger partial charge in [-0.25, -0.2) is 0 Å². The molecule has 154 valence electrons. The molecule has 1 aromatic carbocycles. The zero-order chi connectivity index (χ0) is 20.1. The topological polar surface area (TPSA) is 54.9 Å². The van der Waals surface area contributed by atoms with Crippen molar-refractivity contribution in [1.29, 1.82) is 0 Å². The molecule has 0 bridgehead atoms. The maximum absolute atomic E-state index is 12.6. The number of nitrogens with zero attached hydrogens (tertiary/aromatic N) is 3. The summed E-state index contributed by atoms with van der Waals surface area (Å²) in [4.78, 5) is 20.9. The number of benzene rings is 1. The number of amides is 1. The highest BCUT2D eigenvalue weighted by atomic mass is 16.5. The lowest BCUT2D eigenvalue weighted by molar-refractivity contribution is -0.130. The molecule has 1 aliphatic carbocycles. The molecule has 0 unspecified atom stereocenters. The number of carbonyl (C=O) groups excluding carboxylic acids is 1. The predicted molar refractivity (Wildman–Crippen MR) is 113 cm³/mol. The van der Waals surface area contributed by atoms with E-state index >= 15 is 0 Å². The third-order valence-corrected chi connectivity index (χ3v) is 5.82. The number of piperazine rings is 1. The van der Waals surface area contributed by atoms with Gasteiger partial charge in [0, 0.05) is 50.3 Å². The summed E-state index contributed by atoms with van der Waals surface area (Å²) in [5, 5.41) is 0. The van der Waals surface area contributed by atoms with Crippen LogP contribution in [0.5, 0.6) is 11.5 Å². The summed E-state index contributed by atoms with van der Waals surface area (Å²) < 4.78 is 11.7. The number of hydrogen-bond donors (Lipinski definition) is 0. The maximum atomic E-state index is 12.6. The van der Waals surface area contributed by atoms with Crippen molar-refractivity contribution in [3.63, 3.8) is 0 Å². The number of ether oxygens (including phenoxy) is 2. The van der Waals surface area contributed by atoms with E-state index < -0.39 is 0 Å². The van der Waals surface area contributed by atoms with Gasteiger partial charge in [-0.1, -0.05) is 6.07 Å². The summed E-state index contributed by atoms with van der Waals surface area (Å²) in [6.45, 7) is 3.08. The fourth-order valence-electron chi connectivity index (χ4n) is 4.14. The van der Waals surface area contributed by atoms with E-state index in [0.717, 1.165) is 61.8 Å². The van der Waals surface area contributed by atoms with E-state index in [0.29, 0.717) is 12.5 Å². The minimum Gasteiger partial charge on any atom is -0.493 e. The Bertz CT molecular complexity index is 813. The van der Waals surface area contributed by atoms with E-state index in [1.165, 1.54) is 12.8 Å². The van der Waals surface area contributed by atoms with Crippen molar-refractivity contribution in [1.82, 2.24) is 9.88 Å². The highest BCUT2D eigenvalue weighted by molar-refractivity contribution is 5.79. The first-order valence-electron chi connectivity index (χ1n) is 10.5. The Morgan fingerprint density at radius 1 is 1.10 bits per heavy atom. The van der Waals surface area contributed by atoms with Gasteiger partial charge in [0.25, 0.3) is 0 Å². The Balaban J connectivity index is 1.37. The van der Waals surface area contributed by atoms with Gasteiger partial charge in [0.05, 0.1) is 19.6 Å². The number of aromatic nitrogens is 1. The van der Waals surface area contributed by atoms with Crippen molar-refractivity contribution in [2.75, 3.05) is 38.2 Å². The van der Waals surface area contributed by atoms with Crippen LogP contribution in [0.15, 0.2) is 42.7 Å². The molecule has 0 N–H and O–H groups in total. The first-order chi connectivity index (χ1) is 14.2. The van der Waals surface area contributed by atoms with Gasteiger partial charge in [0.2, 0.25) is 5.91 Å². The summed E-state index contributed by atoms with van der Waals surface area (Å²) in [5.41, 5.74) is 2.09. The van der Waals surface area contributed by atoms with E-state index in [1.54, 1.807) is 19.5 Å². The number of pyridine rings is 1. The summed E-state index contributed by atoms with van der Waals surface area (Å²) >= 11 is 0. The average molecular weight is 396 g/mol. The van der Waals surface area contributed by atoms with Gasteiger partial charge in [-0.2, -0.15) is 0 Å². The lowest BCUT2D eigenvalue weighted by Gasteiger charge is -2.36. The van der Waals surface area contributed by atoms with Crippen molar-refractivity contribution in [3.8, 4) is 11.5 Å². The fourth-order valence-corrected chi connectivity index (χ4v) is 4.14. The number of anilines is 1. The smallest absolute Gasteiger partial charge is 0.227 e. The molecule has 1 amide bonds. The summed E-state index contributed by atoms with van der Waals surface area (Å²) in [7, 11) is 1.68. The van der Waals surface area contributed by atoms with Crippen LogP contribution in [0.1, 0.15) is 31.2 Å². The minimum atomic E-state index is 0.164. The fraction of sp³-hybridized carbons (Fsp3) is 0.478. The molecule has 1 aliphatic heterocycles. The molecule has 6 nitrogen and oxygen atoms in total. The molecule has 1 aromatic heterocycles. The van der Waals surface area contributed by atoms with Crippen LogP contribution in [0.4, 0.5) is 5.69 Å². The van der Waals surface area contributed by atoms with Crippen molar-refractivity contribution in [2.24, 2.45) is 0 Å². The Morgan fingerprint density at radius 2 is 1.90 bits per heavy atom. The second-order valence-electron chi connectivity index (χ2n) is 7.77. The first kappa shape index (κ1) is 19.6. The van der Waals surface area contributed by atoms with Gasteiger partial charge in [0.15, 0.2) is 11.5 Å². The number of rotatable bonds is 6. The Hall–Kier alpha value is -2.76. The van der Waals surface area contributed by atoms with Crippen LogP contribution < -0.4 is 14.4 Å². The normalized spacial score (nSPS) is 17.4. The third-order valence-electron chi connectivity index (χ3n) is 5.82. The second kappa shape index (κ2) is 9.16. The standard InChI is InChI=1S/C23H29N3O3/c1-28-21-9-8-19(16-22(21)29-20-6-2-3-7-20)25-11-13-26(14-12-25)23(27)15-18-5-4-10-24-17-18/h4-5,8-10,16-17,20H,2-3,6-7,11-15H2,1H3. The molecule has 1 saturated heterocycles. The number of hydrogen-bond acceptors (Lipinski definition) is 5. The monoisotopic (exact) mass is 395 g/mol. The van der Waals surface area contributed by atoms with Gasteiger partial charge in [0.1, 0.15) is 0 Å². The largest absolute Gasteiger partial charge is 0.493 e. The van der Waals surface area contributed by atoms with Gasteiger partial charge < -0.3 is 19.3 Å². The van der Waals surface area contributed by atoms with E-state index in [9.17, 15) is 4.79 Å². The molecule has 6 heteroatoms. The molecule has 0 spiro atoms. The van der Waals surface area contributed by atoms with Crippen LogP contribution >= 0.6 is 0 Å². The van der Waals surface area contributed by atoms with E-state index in [2.05, 4.69) is 22.0 Å². The van der Waals surface area contributed by atoms with Crippen molar-refractivity contribution < 1.29 is 14.3 Å². The highest BCUT2D eigenvalue weighted by Crippen LogP contribution is 2.35. The SMILES string of the molecule is COc1ccc(N2CCN(C(=O)Cc3cccnc3)CC2)cc1OC1CCCC1. The minimum absolute atomic E-state index is 0.164. The van der Waals surface area contributed by atoms with Crippen LogP contribution in [-0.4, -0.2) is 55.2 Å². The molecule has 1 saturated carbocycles. The quantitative estimate of drug-likeness (QED) is 0.751. The first-order valence-corrected chi connectivity index (χ1v) is 10.5. The van der Waals surface area contributed by atoms with Gasteiger partial charge in [-0.15, -0.1) is 0 Å². The maximum Gasteiger partial charge on any atom is 0.227 e. The van der Waals surface area contributed by atoms with Gasteiger partial charge in [-0.3, -0.25) is 9.78 Å². The van der Waals surface area contributed by atoms with Crippen LogP contribution in [0.25, 0.3) is 0 Å². The Morgan fingerprint density at radius 3 is 2.59 bits per heavy atom. The van der Waals surface area contributed by atoms with Gasteiger partial charge >= 0.3 is 0 Å². The molecule has 4 rings (SSSR count). The summed E-state index contributed by atoms with van der Waals surface area (Å²) in [6.07, 6.45) is 8.90. The molecule has 0 radical (unpaired) electrons. The molecule has 29 heavy (non-hydrogen) atoms. The van der Waals surface area contributed by atoms with E-state index in [-0.39, 0.29) is 5.91 Å². The Kier molecular flexibility index (Phi) is 6.17. The second-order valence-corrected chi connectivity index (χ2v) is 7.77. The van der Waals surface area contributed by atoms with E-state index in [4.69, 9.17) is 9.47 Å². The third kappa shape index (κ3) is 4.81. The molecular weight excluding hydrogens is 366 g/mol. The van der Waals surface area contributed by atoms with Gasteiger partial charge in [-0.05, 0) is 49.4 Å². The zero-order valence-electron chi connectivity index (χ0n) is 17.0. The average Bonchev–Trinajstić information content (AvgIpc) is 3.27. The molecule has 2 aromatic rings. The molecule has 2 aliphatic rings. The van der Waals surface area contributed by atoms with Crippen molar-refractivity contribution in [2.45, 2.75) is 38.2 Å². The molecular formula is C23H29N3O3. The van der Waals surface area contributed by atoms with Crippen LogP contribution in [0, 0.1) is 0 Å². The Labute approximate surface area is 172 Å². The summed E-state index contributed by atoms with van der Waals surface area (Å²) in [5.74, 6) is 1.77. The molecule has 2 fully saturated rings. The van der Waals surface area contributed by atoms with E-state index in [1.807, 2.05) is 23.1 Å². The molecule has 0 atom stereocenters. The van der Waals surface area contributed by atoms with Crippen LogP contribution in [0.2, 0.25) is 0 Å². The van der Waals surface area contributed by atoms with Crippen molar-refractivity contribution >= 4 is 11.6 Å².